The largest absolute Gasteiger partial charge is 0.497 e. The summed E-state index contributed by atoms with van der Waals surface area (Å²) in [7, 11) is 1.67. The number of benzene rings is 2. The Morgan fingerprint density at radius 1 is 0.824 bits per heavy atom. The van der Waals surface area contributed by atoms with E-state index < -0.39 is 0 Å². The van der Waals surface area contributed by atoms with Gasteiger partial charge >= 0.3 is 0 Å². The van der Waals surface area contributed by atoms with Gasteiger partial charge in [-0.05, 0) is 61.4 Å². The normalized spacial score (nSPS) is 10.1. The van der Waals surface area contributed by atoms with Crippen molar-refractivity contribution in [1.82, 2.24) is 0 Å². The highest BCUT2D eigenvalue weighted by Crippen LogP contribution is 2.21. The van der Waals surface area contributed by atoms with E-state index in [1.807, 2.05) is 24.3 Å². The second kappa shape index (κ2) is 4.91. The molecular formula is C15H17NO. The molecule has 0 radical (unpaired) electrons. The first-order valence-electron chi connectivity index (χ1n) is 5.67. The van der Waals surface area contributed by atoms with Crippen molar-refractivity contribution in [1.29, 1.82) is 0 Å². The fourth-order valence-electron chi connectivity index (χ4n) is 1.66. The van der Waals surface area contributed by atoms with Crippen LogP contribution in [0.3, 0.4) is 0 Å². The first-order chi connectivity index (χ1) is 8.19. The molecule has 2 aromatic carbocycles. The molecule has 0 aliphatic rings. The average molecular weight is 227 g/mol. The Bertz CT molecular complexity index is 503. The number of hydrogen-bond donors (Lipinski definition) is 1. The van der Waals surface area contributed by atoms with E-state index in [1.165, 1.54) is 11.1 Å². The quantitative estimate of drug-likeness (QED) is 0.853. The Kier molecular flexibility index (Phi) is 3.33. The van der Waals surface area contributed by atoms with Crippen molar-refractivity contribution in [3.05, 3.63) is 53.6 Å². The minimum atomic E-state index is 0.871. The number of anilines is 2. The van der Waals surface area contributed by atoms with Crippen molar-refractivity contribution in [2.75, 3.05) is 12.4 Å². The molecule has 1 N–H and O–H groups in total. The number of hydrogen-bond acceptors (Lipinski definition) is 2. The molecule has 0 atom stereocenters. The second-order valence-corrected chi connectivity index (χ2v) is 4.15. The van der Waals surface area contributed by atoms with E-state index >= 15 is 0 Å². The van der Waals surface area contributed by atoms with Crippen LogP contribution < -0.4 is 10.1 Å². The molecule has 0 unspecified atom stereocenters. The highest BCUT2D eigenvalue weighted by Gasteiger charge is 1.98. The number of ether oxygens (including phenoxy) is 1. The minimum absolute atomic E-state index is 0.871. The summed E-state index contributed by atoms with van der Waals surface area (Å²) in [6.45, 7) is 4.24. The molecule has 0 aliphatic carbocycles. The van der Waals surface area contributed by atoms with Gasteiger partial charge in [-0.15, -0.1) is 0 Å². The summed E-state index contributed by atoms with van der Waals surface area (Å²) in [4.78, 5) is 0. The molecule has 2 nitrogen and oxygen atoms in total. The molecular weight excluding hydrogens is 210 g/mol. The Hall–Kier alpha value is -1.96. The summed E-state index contributed by atoms with van der Waals surface area (Å²) in [6.07, 6.45) is 0. The van der Waals surface area contributed by atoms with Crippen molar-refractivity contribution in [3.63, 3.8) is 0 Å². The summed E-state index contributed by atoms with van der Waals surface area (Å²) < 4.78 is 5.13. The van der Waals surface area contributed by atoms with Gasteiger partial charge in [0.05, 0.1) is 7.11 Å². The monoisotopic (exact) mass is 227 g/mol. The standard InChI is InChI=1S/C15H17NO/c1-11-4-5-14(10-12(11)2)16-13-6-8-15(17-3)9-7-13/h4-10,16H,1-3H3. The number of methoxy groups -OCH3 is 1. The number of rotatable bonds is 3. The van der Waals surface area contributed by atoms with E-state index in [1.54, 1.807) is 7.11 Å². The van der Waals surface area contributed by atoms with Gasteiger partial charge in [-0.3, -0.25) is 0 Å². The zero-order chi connectivity index (χ0) is 12.3. The maximum Gasteiger partial charge on any atom is 0.119 e. The average Bonchev–Trinajstić information content (AvgIpc) is 2.35. The van der Waals surface area contributed by atoms with Crippen LogP contribution in [0.25, 0.3) is 0 Å². The van der Waals surface area contributed by atoms with Crippen LogP contribution in [0.5, 0.6) is 5.75 Å². The van der Waals surface area contributed by atoms with Crippen LogP contribution in [0.2, 0.25) is 0 Å². The molecule has 0 aromatic heterocycles. The Morgan fingerprint density at radius 2 is 1.47 bits per heavy atom. The summed E-state index contributed by atoms with van der Waals surface area (Å²) in [5.74, 6) is 0.871. The predicted octanol–water partition coefficient (Wildman–Crippen LogP) is 4.06. The van der Waals surface area contributed by atoms with E-state index in [2.05, 4.69) is 37.4 Å². The second-order valence-electron chi connectivity index (χ2n) is 4.15. The van der Waals surface area contributed by atoms with E-state index in [-0.39, 0.29) is 0 Å². The van der Waals surface area contributed by atoms with Gasteiger partial charge in [-0.2, -0.15) is 0 Å². The van der Waals surface area contributed by atoms with Crippen molar-refractivity contribution < 1.29 is 4.74 Å². The lowest BCUT2D eigenvalue weighted by molar-refractivity contribution is 0.415. The van der Waals surface area contributed by atoms with E-state index in [0.29, 0.717) is 0 Å². The van der Waals surface area contributed by atoms with Crippen molar-refractivity contribution >= 4 is 11.4 Å². The zero-order valence-corrected chi connectivity index (χ0v) is 10.4. The fourth-order valence-corrected chi connectivity index (χ4v) is 1.66. The third-order valence-electron chi connectivity index (χ3n) is 2.89. The fraction of sp³-hybridized carbons (Fsp3) is 0.200. The van der Waals surface area contributed by atoms with Crippen LogP contribution in [0, 0.1) is 13.8 Å². The van der Waals surface area contributed by atoms with Gasteiger partial charge in [0, 0.05) is 11.4 Å². The van der Waals surface area contributed by atoms with Crippen LogP contribution >= 0.6 is 0 Å². The van der Waals surface area contributed by atoms with Crippen LogP contribution in [-0.2, 0) is 0 Å². The molecule has 17 heavy (non-hydrogen) atoms. The van der Waals surface area contributed by atoms with Crippen LogP contribution in [-0.4, -0.2) is 7.11 Å². The third kappa shape index (κ3) is 2.78. The summed E-state index contributed by atoms with van der Waals surface area (Å²) >= 11 is 0. The molecule has 2 heteroatoms. The van der Waals surface area contributed by atoms with Gasteiger partial charge in [0.15, 0.2) is 0 Å². The highest BCUT2D eigenvalue weighted by molar-refractivity contribution is 5.61. The Balaban J connectivity index is 2.16. The Morgan fingerprint density at radius 3 is 2.06 bits per heavy atom. The maximum atomic E-state index is 5.13. The molecule has 2 aromatic rings. The van der Waals surface area contributed by atoms with Gasteiger partial charge in [0.1, 0.15) is 5.75 Å². The lowest BCUT2D eigenvalue weighted by Gasteiger charge is -2.09. The van der Waals surface area contributed by atoms with E-state index in [9.17, 15) is 0 Å². The molecule has 88 valence electrons. The molecule has 0 saturated heterocycles. The lowest BCUT2D eigenvalue weighted by Crippen LogP contribution is -1.92. The smallest absolute Gasteiger partial charge is 0.119 e. The molecule has 0 heterocycles. The zero-order valence-electron chi connectivity index (χ0n) is 10.4. The van der Waals surface area contributed by atoms with Crippen molar-refractivity contribution in [3.8, 4) is 5.75 Å². The first-order valence-corrected chi connectivity index (χ1v) is 5.67. The number of nitrogens with one attached hydrogen (secondary N) is 1. The molecule has 2 rings (SSSR count). The summed E-state index contributed by atoms with van der Waals surface area (Å²) in [5, 5.41) is 3.37. The Labute approximate surface area is 102 Å². The van der Waals surface area contributed by atoms with E-state index in [0.717, 1.165) is 17.1 Å². The topological polar surface area (TPSA) is 21.3 Å². The van der Waals surface area contributed by atoms with Gasteiger partial charge < -0.3 is 10.1 Å². The predicted molar refractivity (Wildman–Crippen MR) is 72.2 cm³/mol. The van der Waals surface area contributed by atoms with Crippen molar-refractivity contribution in [2.24, 2.45) is 0 Å². The minimum Gasteiger partial charge on any atom is -0.497 e. The SMILES string of the molecule is COc1ccc(Nc2ccc(C)c(C)c2)cc1. The van der Waals surface area contributed by atoms with Crippen LogP contribution in [0.4, 0.5) is 11.4 Å². The van der Waals surface area contributed by atoms with Crippen LogP contribution in [0.15, 0.2) is 42.5 Å². The molecule has 0 aliphatic heterocycles. The summed E-state index contributed by atoms with van der Waals surface area (Å²) in [6, 6.07) is 14.3. The van der Waals surface area contributed by atoms with Gasteiger partial charge in [-0.25, -0.2) is 0 Å². The maximum absolute atomic E-state index is 5.13. The molecule has 0 saturated carbocycles. The molecule has 0 bridgehead atoms. The first kappa shape index (κ1) is 11.5. The molecule has 0 fully saturated rings. The molecule has 0 amide bonds. The van der Waals surface area contributed by atoms with Gasteiger partial charge in [-0.1, -0.05) is 6.07 Å². The molecule has 0 spiro atoms. The van der Waals surface area contributed by atoms with E-state index in [4.69, 9.17) is 4.74 Å². The lowest BCUT2D eigenvalue weighted by atomic mass is 10.1. The van der Waals surface area contributed by atoms with Gasteiger partial charge in [0.2, 0.25) is 0 Å². The van der Waals surface area contributed by atoms with Crippen molar-refractivity contribution in [2.45, 2.75) is 13.8 Å². The third-order valence-corrected chi connectivity index (χ3v) is 2.89. The van der Waals surface area contributed by atoms with Crippen LogP contribution in [0.1, 0.15) is 11.1 Å². The highest BCUT2D eigenvalue weighted by atomic mass is 16.5. The number of aryl methyl sites for hydroxylation is 2. The van der Waals surface area contributed by atoms with Gasteiger partial charge in [0.25, 0.3) is 0 Å². The summed E-state index contributed by atoms with van der Waals surface area (Å²) in [5.41, 5.74) is 4.78.